The molecule has 6 nitrogen and oxygen atoms in total. The van der Waals surface area contributed by atoms with Gasteiger partial charge in [-0.05, 0) is 49.9 Å². The molecular weight excluding hydrogens is 352 g/mol. The van der Waals surface area contributed by atoms with Gasteiger partial charge in [0.1, 0.15) is 5.82 Å². The fourth-order valence-electron chi connectivity index (χ4n) is 5.68. The Morgan fingerprint density at radius 1 is 1.21 bits per heavy atom. The van der Waals surface area contributed by atoms with Crippen LogP contribution in [0.1, 0.15) is 29.8 Å². The van der Waals surface area contributed by atoms with Gasteiger partial charge in [-0.1, -0.05) is 24.3 Å². The molecule has 2 aromatic rings. The van der Waals surface area contributed by atoms with E-state index in [1.165, 1.54) is 11.1 Å². The minimum absolute atomic E-state index is 0.0831. The van der Waals surface area contributed by atoms with Crippen LogP contribution in [0.5, 0.6) is 0 Å². The van der Waals surface area contributed by atoms with Crippen LogP contribution < -0.4 is 0 Å². The number of likely N-dealkylation sites (tertiary alicyclic amines) is 2. The number of fused-ring (bicyclic) bond motifs is 1. The minimum atomic E-state index is -0.613. The van der Waals surface area contributed by atoms with Gasteiger partial charge in [-0.3, -0.25) is 14.6 Å². The van der Waals surface area contributed by atoms with Crippen molar-refractivity contribution in [3.8, 4) is 0 Å². The number of hydrogen-bond donors (Lipinski definition) is 2. The number of aliphatic carboxylic acids is 1. The van der Waals surface area contributed by atoms with E-state index in [-0.39, 0.29) is 11.3 Å². The van der Waals surface area contributed by atoms with E-state index in [1.807, 2.05) is 6.20 Å². The van der Waals surface area contributed by atoms with Gasteiger partial charge >= 0.3 is 5.97 Å². The van der Waals surface area contributed by atoms with Crippen LogP contribution in [0.3, 0.4) is 0 Å². The molecule has 28 heavy (non-hydrogen) atoms. The van der Waals surface area contributed by atoms with Crippen molar-refractivity contribution >= 4 is 5.97 Å². The molecule has 2 fully saturated rings. The van der Waals surface area contributed by atoms with Crippen molar-refractivity contribution in [3.05, 3.63) is 53.6 Å². The molecule has 1 aliphatic carbocycles. The number of piperidine rings is 1. The molecular formula is C22H28N4O2. The lowest BCUT2D eigenvalue weighted by Gasteiger charge is -2.41. The van der Waals surface area contributed by atoms with Crippen molar-refractivity contribution in [2.45, 2.75) is 38.3 Å². The highest BCUT2D eigenvalue weighted by Gasteiger charge is 2.52. The fourth-order valence-corrected chi connectivity index (χ4v) is 5.68. The molecule has 1 aromatic carbocycles. The zero-order valence-corrected chi connectivity index (χ0v) is 16.2. The van der Waals surface area contributed by atoms with E-state index < -0.39 is 5.97 Å². The number of carbonyl (C=O) groups is 1. The second-order valence-corrected chi connectivity index (χ2v) is 8.83. The van der Waals surface area contributed by atoms with Crippen LogP contribution in [0.2, 0.25) is 0 Å². The number of rotatable bonds is 4. The molecule has 2 N–H and O–H groups in total. The number of hydrogen-bond acceptors (Lipinski definition) is 4. The molecule has 2 aliphatic heterocycles. The summed E-state index contributed by atoms with van der Waals surface area (Å²) in [7, 11) is 0. The van der Waals surface area contributed by atoms with E-state index in [2.05, 4.69) is 44.0 Å². The Morgan fingerprint density at radius 2 is 1.93 bits per heavy atom. The van der Waals surface area contributed by atoms with Crippen LogP contribution in [-0.2, 0) is 24.2 Å². The number of carboxylic acids is 1. The summed E-state index contributed by atoms with van der Waals surface area (Å²) in [5.41, 5.74) is 2.79. The first-order valence-corrected chi connectivity index (χ1v) is 10.4. The van der Waals surface area contributed by atoms with Gasteiger partial charge in [0.05, 0.1) is 12.5 Å². The SMILES string of the molecule is O=C(O)C1CN(C2Cc3ccccc3C2)CC12CCN(Cc1ncc[nH]1)CC2. The van der Waals surface area contributed by atoms with Gasteiger partial charge in [0, 0.05) is 36.9 Å². The Bertz CT molecular complexity index is 817. The first kappa shape index (κ1) is 17.9. The number of benzene rings is 1. The van der Waals surface area contributed by atoms with Gasteiger partial charge in [0.15, 0.2) is 0 Å². The monoisotopic (exact) mass is 380 g/mol. The maximum Gasteiger partial charge on any atom is 0.308 e. The van der Waals surface area contributed by atoms with Crippen molar-refractivity contribution in [2.24, 2.45) is 11.3 Å². The summed E-state index contributed by atoms with van der Waals surface area (Å²) in [6, 6.07) is 9.13. The Morgan fingerprint density at radius 3 is 2.54 bits per heavy atom. The summed E-state index contributed by atoms with van der Waals surface area (Å²) in [5, 5.41) is 9.98. The van der Waals surface area contributed by atoms with Gasteiger partial charge in [-0.2, -0.15) is 0 Å². The quantitative estimate of drug-likeness (QED) is 0.851. The maximum absolute atomic E-state index is 12.1. The Hall–Kier alpha value is -2.18. The lowest BCUT2D eigenvalue weighted by molar-refractivity contribution is -0.146. The number of nitrogens with zero attached hydrogens (tertiary/aromatic N) is 3. The molecule has 3 aliphatic rings. The van der Waals surface area contributed by atoms with Crippen molar-refractivity contribution in [3.63, 3.8) is 0 Å². The van der Waals surface area contributed by atoms with Crippen LogP contribution in [-0.4, -0.2) is 63.1 Å². The molecule has 3 heterocycles. The van der Waals surface area contributed by atoms with E-state index in [0.29, 0.717) is 12.6 Å². The fraction of sp³-hybridized carbons (Fsp3) is 0.545. The third-order valence-electron chi connectivity index (χ3n) is 7.30. The smallest absolute Gasteiger partial charge is 0.308 e. The summed E-state index contributed by atoms with van der Waals surface area (Å²) in [6.07, 6.45) is 7.68. The molecule has 1 spiro atoms. The molecule has 1 atom stereocenters. The predicted octanol–water partition coefficient (Wildman–Crippen LogP) is 2.18. The molecule has 1 aromatic heterocycles. The third-order valence-corrected chi connectivity index (χ3v) is 7.30. The van der Waals surface area contributed by atoms with Gasteiger partial charge in [0.25, 0.3) is 0 Å². The van der Waals surface area contributed by atoms with Gasteiger partial charge in [-0.25, -0.2) is 4.98 Å². The normalized spacial score (nSPS) is 25.4. The second-order valence-electron chi connectivity index (χ2n) is 8.83. The van der Waals surface area contributed by atoms with Crippen molar-refractivity contribution in [1.82, 2.24) is 19.8 Å². The lowest BCUT2D eigenvalue weighted by atomic mass is 9.71. The number of H-pyrrole nitrogens is 1. The molecule has 0 bridgehead atoms. The average Bonchev–Trinajstić information content (AvgIpc) is 3.42. The lowest BCUT2D eigenvalue weighted by Crippen LogP contribution is -2.46. The van der Waals surface area contributed by atoms with Crippen LogP contribution in [0.4, 0.5) is 0 Å². The van der Waals surface area contributed by atoms with Gasteiger partial charge in [0.2, 0.25) is 0 Å². The standard InChI is InChI=1S/C22H28N4O2/c27-21(28)19-13-26(18-11-16-3-1-2-4-17(16)12-18)15-22(19)5-9-25(10-6-22)14-20-23-7-8-24-20/h1-4,7-8,18-19H,5-6,9-15H2,(H,23,24)(H,27,28). The van der Waals surface area contributed by atoms with E-state index >= 15 is 0 Å². The largest absolute Gasteiger partial charge is 0.481 e. The minimum Gasteiger partial charge on any atom is -0.481 e. The molecule has 1 unspecified atom stereocenters. The second kappa shape index (κ2) is 7.01. The number of aromatic nitrogens is 2. The molecule has 2 saturated heterocycles. The molecule has 148 valence electrons. The summed E-state index contributed by atoms with van der Waals surface area (Å²) < 4.78 is 0. The molecule has 5 rings (SSSR count). The number of imidazole rings is 1. The van der Waals surface area contributed by atoms with Crippen LogP contribution in [0, 0.1) is 11.3 Å². The zero-order chi connectivity index (χ0) is 19.1. The predicted molar refractivity (Wildman–Crippen MR) is 106 cm³/mol. The van der Waals surface area contributed by atoms with Gasteiger partial charge in [-0.15, -0.1) is 0 Å². The topological polar surface area (TPSA) is 72.5 Å². The highest BCUT2D eigenvalue weighted by atomic mass is 16.4. The Labute approximate surface area is 165 Å². The average molecular weight is 380 g/mol. The Kier molecular flexibility index (Phi) is 4.48. The van der Waals surface area contributed by atoms with Crippen LogP contribution in [0.15, 0.2) is 36.7 Å². The summed E-state index contributed by atoms with van der Waals surface area (Å²) in [5.74, 6) is 0.127. The van der Waals surface area contributed by atoms with Crippen LogP contribution >= 0.6 is 0 Å². The van der Waals surface area contributed by atoms with Crippen LogP contribution in [0.25, 0.3) is 0 Å². The first-order chi connectivity index (χ1) is 13.6. The van der Waals surface area contributed by atoms with E-state index in [1.54, 1.807) is 6.20 Å². The van der Waals surface area contributed by atoms with Gasteiger partial charge < -0.3 is 10.1 Å². The third kappa shape index (κ3) is 3.14. The molecule has 0 radical (unpaired) electrons. The van der Waals surface area contributed by atoms with E-state index in [9.17, 15) is 9.90 Å². The number of aromatic amines is 1. The first-order valence-electron chi connectivity index (χ1n) is 10.4. The Balaban J connectivity index is 1.27. The summed E-state index contributed by atoms with van der Waals surface area (Å²) in [6.45, 7) is 4.35. The highest BCUT2D eigenvalue weighted by molar-refractivity contribution is 5.72. The maximum atomic E-state index is 12.1. The molecule has 6 heteroatoms. The molecule has 0 amide bonds. The summed E-state index contributed by atoms with van der Waals surface area (Å²) in [4.78, 5) is 24.5. The zero-order valence-electron chi connectivity index (χ0n) is 16.2. The van der Waals surface area contributed by atoms with E-state index in [4.69, 9.17) is 0 Å². The molecule has 0 saturated carbocycles. The van der Waals surface area contributed by atoms with E-state index in [0.717, 1.165) is 57.7 Å². The highest BCUT2D eigenvalue weighted by Crippen LogP contribution is 2.46. The summed E-state index contributed by atoms with van der Waals surface area (Å²) >= 11 is 0. The number of carboxylic acid groups (broad SMARTS) is 1. The van der Waals surface area contributed by atoms with Crippen molar-refractivity contribution < 1.29 is 9.90 Å². The van der Waals surface area contributed by atoms with Crippen molar-refractivity contribution in [1.29, 1.82) is 0 Å². The number of nitrogens with one attached hydrogen (secondary N) is 1. The van der Waals surface area contributed by atoms with Crippen molar-refractivity contribution in [2.75, 3.05) is 26.2 Å².